The number of rotatable bonds is 0. The molecule has 1 N–H and O–H groups in total. The third-order valence-corrected chi connectivity index (χ3v) is 2.34. The molecule has 0 saturated carbocycles. The maximum absolute atomic E-state index is 9.69. The average Bonchev–Trinajstić information content (AvgIpc) is 2.04. The first-order chi connectivity index (χ1) is 5.77. The molecule has 1 heterocycles. The standard InChI is InChI=1S/C10H13NO/c1-11-6-8-4-2-3-5-9(8)10(12)7-11/h2-5,10,12H,6-7H2,1H3/t10-/m1/s1. The molecule has 2 rings (SSSR count). The molecule has 0 bridgehead atoms. The molecule has 0 aliphatic carbocycles. The van der Waals surface area contributed by atoms with Gasteiger partial charge in [-0.05, 0) is 18.2 Å². The van der Waals surface area contributed by atoms with Gasteiger partial charge in [0.1, 0.15) is 0 Å². The molecular formula is C10H13NO. The first-order valence-electron chi connectivity index (χ1n) is 4.22. The lowest BCUT2D eigenvalue weighted by Gasteiger charge is -2.28. The molecule has 1 aromatic carbocycles. The van der Waals surface area contributed by atoms with Crippen LogP contribution in [0.25, 0.3) is 0 Å². The van der Waals surface area contributed by atoms with Gasteiger partial charge in [0.15, 0.2) is 0 Å². The van der Waals surface area contributed by atoms with Gasteiger partial charge in [-0.25, -0.2) is 0 Å². The molecule has 1 aliphatic rings. The summed E-state index contributed by atoms with van der Waals surface area (Å²) in [5.74, 6) is 0. The highest BCUT2D eigenvalue weighted by atomic mass is 16.3. The third kappa shape index (κ3) is 1.24. The predicted octanol–water partition coefficient (Wildman–Crippen LogP) is 1.17. The minimum Gasteiger partial charge on any atom is -0.387 e. The van der Waals surface area contributed by atoms with Crippen molar-refractivity contribution in [2.45, 2.75) is 12.6 Å². The van der Waals surface area contributed by atoms with E-state index < -0.39 is 0 Å². The summed E-state index contributed by atoms with van der Waals surface area (Å²) >= 11 is 0. The molecule has 0 aromatic heterocycles. The summed E-state index contributed by atoms with van der Waals surface area (Å²) in [6.07, 6.45) is -0.306. The molecule has 0 spiro atoms. The van der Waals surface area contributed by atoms with E-state index in [9.17, 15) is 5.11 Å². The highest BCUT2D eigenvalue weighted by molar-refractivity contribution is 5.30. The van der Waals surface area contributed by atoms with Gasteiger partial charge in [-0.2, -0.15) is 0 Å². The number of β-amino-alcohol motifs (C(OH)–C–C–N with tert-alkyl or cyclic N) is 1. The Bertz CT molecular complexity index is 285. The van der Waals surface area contributed by atoms with Crippen LogP contribution in [0.1, 0.15) is 17.2 Å². The summed E-state index contributed by atoms with van der Waals surface area (Å²) in [7, 11) is 2.03. The Morgan fingerprint density at radius 1 is 1.42 bits per heavy atom. The summed E-state index contributed by atoms with van der Waals surface area (Å²) in [5, 5.41) is 9.69. The Morgan fingerprint density at radius 2 is 2.17 bits per heavy atom. The minimum atomic E-state index is -0.306. The first-order valence-corrected chi connectivity index (χ1v) is 4.22. The fourth-order valence-corrected chi connectivity index (χ4v) is 1.75. The van der Waals surface area contributed by atoms with Crippen LogP contribution in [0.15, 0.2) is 24.3 Å². The van der Waals surface area contributed by atoms with Crippen LogP contribution in [0.4, 0.5) is 0 Å². The van der Waals surface area contributed by atoms with E-state index in [1.165, 1.54) is 5.56 Å². The number of hydrogen-bond acceptors (Lipinski definition) is 2. The topological polar surface area (TPSA) is 23.5 Å². The molecule has 1 aromatic rings. The van der Waals surface area contributed by atoms with Crippen LogP contribution in [-0.4, -0.2) is 23.6 Å². The van der Waals surface area contributed by atoms with Crippen LogP contribution in [0.3, 0.4) is 0 Å². The second-order valence-corrected chi connectivity index (χ2v) is 3.41. The third-order valence-electron chi connectivity index (χ3n) is 2.34. The van der Waals surface area contributed by atoms with Crippen LogP contribution in [-0.2, 0) is 6.54 Å². The number of aliphatic hydroxyl groups excluding tert-OH is 1. The maximum atomic E-state index is 9.69. The molecule has 2 nitrogen and oxygen atoms in total. The Labute approximate surface area is 72.4 Å². The smallest absolute Gasteiger partial charge is 0.0920 e. The lowest BCUT2D eigenvalue weighted by Crippen LogP contribution is -2.30. The summed E-state index contributed by atoms with van der Waals surface area (Å²) in [6, 6.07) is 8.08. The van der Waals surface area contributed by atoms with Crippen LogP contribution >= 0.6 is 0 Å². The molecule has 0 amide bonds. The van der Waals surface area contributed by atoms with Gasteiger partial charge in [0.2, 0.25) is 0 Å². The molecule has 0 saturated heterocycles. The van der Waals surface area contributed by atoms with Crippen molar-refractivity contribution in [3.05, 3.63) is 35.4 Å². The van der Waals surface area contributed by atoms with E-state index in [4.69, 9.17) is 0 Å². The van der Waals surface area contributed by atoms with Gasteiger partial charge >= 0.3 is 0 Å². The van der Waals surface area contributed by atoms with Crippen molar-refractivity contribution >= 4 is 0 Å². The highest BCUT2D eigenvalue weighted by Gasteiger charge is 2.19. The quantitative estimate of drug-likeness (QED) is 0.620. The van der Waals surface area contributed by atoms with Gasteiger partial charge < -0.3 is 5.11 Å². The van der Waals surface area contributed by atoms with E-state index in [-0.39, 0.29) is 6.10 Å². The molecule has 0 unspecified atom stereocenters. The van der Waals surface area contributed by atoms with Crippen LogP contribution in [0.5, 0.6) is 0 Å². The van der Waals surface area contributed by atoms with E-state index in [0.29, 0.717) is 0 Å². The second-order valence-electron chi connectivity index (χ2n) is 3.41. The molecule has 0 radical (unpaired) electrons. The predicted molar refractivity (Wildman–Crippen MR) is 47.7 cm³/mol. The second kappa shape index (κ2) is 2.88. The fraction of sp³-hybridized carbons (Fsp3) is 0.400. The van der Waals surface area contributed by atoms with Crippen molar-refractivity contribution in [1.29, 1.82) is 0 Å². The molecule has 64 valence electrons. The van der Waals surface area contributed by atoms with E-state index in [1.807, 2.05) is 25.2 Å². The summed E-state index contributed by atoms with van der Waals surface area (Å²) in [4.78, 5) is 2.13. The number of likely N-dealkylation sites (N-methyl/N-ethyl adjacent to an activating group) is 1. The molecule has 2 heteroatoms. The summed E-state index contributed by atoms with van der Waals surface area (Å²) < 4.78 is 0. The Hall–Kier alpha value is -0.860. The zero-order chi connectivity index (χ0) is 8.55. The van der Waals surface area contributed by atoms with E-state index >= 15 is 0 Å². The molecule has 1 aliphatic heterocycles. The summed E-state index contributed by atoms with van der Waals surface area (Å²) in [5.41, 5.74) is 2.34. The Kier molecular flexibility index (Phi) is 1.87. The first kappa shape index (κ1) is 7.77. The van der Waals surface area contributed by atoms with Gasteiger partial charge in [-0.15, -0.1) is 0 Å². The van der Waals surface area contributed by atoms with Gasteiger partial charge in [-0.1, -0.05) is 24.3 Å². The van der Waals surface area contributed by atoms with Crippen molar-refractivity contribution in [1.82, 2.24) is 4.90 Å². The Morgan fingerprint density at radius 3 is 3.00 bits per heavy atom. The average molecular weight is 163 g/mol. The molecule has 0 fully saturated rings. The van der Waals surface area contributed by atoms with E-state index in [1.54, 1.807) is 0 Å². The monoisotopic (exact) mass is 163 g/mol. The lowest BCUT2D eigenvalue weighted by molar-refractivity contribution is 0.108. The number of fused-ring (bicyclic) bond motifs is 1. The zero-order valence-corrected chi connectivity index (χ0v) is 7.20. The van der Waals surface area contributed by atoms with Crippen molar-refractivity contribution in [3.63, 3.8) is 0 Å². The van der Waals surface area contributed by atoms with E-state index in [2.05, 4.69) is 11.0 Å². The SMILES string of the molecule is CN1Cc2ccccc2[C@H](O)C1. The minimum absolute atomic E-state index is 0.306. The highest BCUT2D eigenvalue weighted by Crippen LogP contribution is 2.24. The van der Waals surface area contributed by atoms with Gasteiger partial charge in [0, 0.05) is 13.1 Å². The fourth-order valence-electron chi connectivity index (χ4n) is 1.75. The van der Waals surface area contributed by atoms with Crippen molar-refractivity contribution < 1.29 is 5.11 Å². The largest absolute Gasteiger partial charge is 0.387 e. The number of nitrogens with zero attached hydrogens (tertiary/aromatic N) is 1. The van der Waals surface area contributed by atoms with Crippen molar-refractivity contribution in [3.8, 4) is 0 Å². The van der Waals surface area contributed by atoms with Crippen LogP contribution in [0, 0.1) is 0 Å². The van der Waals surface area contributed by atoms with Gasteiger partial charge in [0.05, 0.1) is 6.10 Å². The number of benzene rings is 1. The van der Waals surface area contributed by atoms with Crippen molar-refractivity contribution in [2.75, 3.05) is 13.6 Å². The summed E-state index contributed by atoms with van der Waals surface area (Å²) in [6.45, 7) is 1.70. The number of aliphatic hydroxyl groups is 1. The maximum Gasteiger partial charge on any atom is 0.0920 e. The molecule has 12 heavy (non-hydrogen) atoms. The molecular weight excluding hydrogens is 150 g/mol. The normalized spacial score (nSPS) is 23.7. The molecule has 1 atom stereocenters. The van der Waals surface area contributed by atoms with Crippen molar-refractivity contribution in [2.24, 2.45) is 0 Å². The van der Waals surface area contributed by atoms with Gasteiger partial charge in [-0.3, -0.25) is 4.90 Å². The lowest BCUT2D eigenvalue weighted by atomic mass is 9.98. The Balaban J connectivity index is 2.40. The zero-order valence-electron chi connectivity index (χ0n) is 7.20. The van der Waals surface area contributed by atoms with Crippen LogP contribution < -0.4 is 0 Å². The van der Waals surface area contributed by atoms with Gasteiger partial charge in [0.25, 0.3) is 0 Å². The number of hydrogen-bond donors (Lipinski definition) is 1. The van der Waals surface area contributed by atoms with Crippen LogP contribution in [0.2, 0.25) is 0 Å². The van der Waals surface area contributed by atoms with E-state index in [0.717, 1.165) is 18.7 Å².